The smallest absolute Gasteiger partial charge is 0.268 e. The van der Waals surface area contributed by atoms with E-state index in [1.807, 2.05) is 0 Å². The van der Waals surface area contributed by atoms with Gasteiger partial charge in [0.1, 0.15) is 23.8 Å². The number of hydrogen-bond donors (Lipinski definition) is 4. The highest BCUT2D eigenvalue weighted by Crippen LogP contribution is 2.28. The fourth-order valence-electron chi connectivity index (χ4n) is 5.05. The molecule has 0 unspecified atom stereocenters. The van der Waals surface area contributed by atoms with Crippen molar-refractivity contribution in [3.8, 4) is 0 Å². The van der Waals surface area contributed by atoms with Gasteiger partial charge in [0.25, 0.3) is 5.91 Å². The van der Waals surface area contributed by atoms with Gasteiger partial charge in [0, 0.05) is 23.4 Å². The summed E-state index contributed by atoms with van der Waals surface area (Å²) in [7, 11) is 0. The van der Waals surface area contributed by atoms with E-state index < -0.39 is 29.7 Å². The summed E-state index contributed by atoms with van der Waals surface area (Å²) in [6.45, 7) is 0.567. The standard InChI is InChI=1S/C25H31FN4O4/c26-18-7-6-16-12-22(29-20(16)13-18)25(34)30-21(10-15-4-2-1-3-5-15)24(33)28-19(14-31)11-17-8-9-27-23(17)32/h6-7,12-15,17,19,21,29H,1-5,8-11H2,(H,27,32)(H,28,33)(H,30,34)/t17-,19-,21-/m0/s1. The molecule has 2 heterocycles. The first-order valence-electron chi connectivity index (χ1n) is 12.1. The number of rotatable bonds is 9. The van der Waals surface area contributed by atoms with Crippen molar-refractivity contribution >= 4 is 34.9 Å². The summed E-state index contributed by atoms with van der Waals surface area (Å²) in [6.07, 6.45) is 7.32. The van der Waals surface area contributed by atoms with E-state index in [1.165, 1.54) is 18.6 Å². The first kappa shape index (κ1) is 23.9. The van der Waals surface area contributed by atoms with Gasteiger partial charge in [0.05, 0.1) is 6.04 Å². The van der Waals surface area contributed by atoms with Gasteiger partial charge < -0.3 is 25.7 Å². The summed E-state index contributed by atoms with van der Waals surface area (Å²) < 4.78 is 13.5. The molecule has 1 aromatic heterocycles. The summed E-state index contributed by atoms with van der Waals surface area (Å²) in [6, 6.07) is 4.21. The number of H-pyrrole nitrogens is 1. The van der Waals surface area contributed by atoms with Gasteiger partial charge >= 0.3 is 0 Å². The number of aromatic amines is 1. The monoisotopic (exact) mass is 470 g/mol. The van der Waals surface area contributed by atoms with Gasteiger partial charge in [-0.15, -0.1) is 0 Å². The maximum Gasteiger partial charge on any atom is 0.268 e. The first-order chi connectivity index (χ1) is 16.4. The molecule has 0 spiro atoms. The summed E-state index contributed by atoms with van der Waals surface area (Å²) in [5.74, 6) is -1.43. The Bertz CT molecular complexity index is 1060. The lowest BCUT2D eigenvalue weighted by molar-refractivity contribution is -0.127. The van der Waals surface area contributed by atoms with Crippen LogP contribution in [0.3, 0.4) is 0 Å². The summed E-state index contributed by atoms with van der Waals surface area (Å²) in [5, 5.41) is 8.98. The van der Waals surface area contributed by atoms with Crippen molar-refractivity contribution in [1.29, 1.82) is 0 Å². The topological polar surface area (TPSA) is 120 Å². The number of hydrogen-bond acceptors (Lipinski definition) is 4. The first-order valence-corrected chi connectivity index (χ1v) is 12.1. The van der Waals surface area contributed by atoms with E-state index in [0.717, 1.165) is 25.7 Å². The third-order valence-corrected chi connectivity index (χ3v) is 6.94. The van der Waals surface area contributed by atoms with Gasteiger partial charge in [-0.1, -0.05) is 32.1 Å². The molecule has 4 N–H and O–H groups in total. The van der Waals surface area contributed by atoms with Gasteiger partial charge in [-0.3, -0.25) is 14.4 Å². The van der Waals surface area contributed by atoms with Crippen molar-refractivity contribution in [3.05, 3.63) is 35.8 Å². The van der Waals surface area contributed by atoms with E-state index in [-0.39, 0.29) is 23.9 Å². The summed E-state index contributed by atoms with van der Waals surface area (Å²) in [5.41, 5.74) is 0.728. The Hall–Kier alpha value is -3.23. The maximum atomic E-state index is 13.5. The van der Waals surface area contributed by atoms with Gasteiger partial charge in [0.15, 0.2) is 0 Å². The number of aromatic nitrogens is 1. The second-order valence-electron chi connectivity index (χ2n) is 9.44. The van der Waals surface area contributed by atoms with Gasteiger partial charge in [0.2, 0.25) is 11.8 Å². The zero-order valence-corrected chi connectivity index (χ0v) is 19.1. The third-order valence-electron chi connectivity index (χ3n) is 6.94. The fourth-order valence-corrected chi connectivity index (χ4v) is 5.05. The highest BCUT2D eigenvalue weighted by molar-refractivity contribution is 6.00. The van der Waals surface area contributed by atoms with Crippen molar-refractivity contribution in [3.63, 3.8) is 0 Å². The molecule has 3 amide bonds. The van der Waals surface area contributed by atoms with Crippen LogP contribution in [0.1, 0.15) is 61.9 Å². The largest absolute Gasteiger partial charge is 0.356 e. The van der Waals surface area contributed by atoms with Crippen LogP contribution in [0.5, 0.6) is 0 Å². The Balaban J connectivity index is 1.46. The Morgan fingerprint density at radius 1 is 1.09 bits per heavy atom. The van der Waals surface area contributed by atoms with E-state index in [1.54, 1.807) is 12.1 Å². The average Bonchev–Trinajstić information content (AvgIpc) is 3.44. The number of fused-ring (bicyclic) bond motifs is 1. The fraction of sp³-hybridized carbons (Fsp3) is 0.520. The van der Waals surface area contributed by atoms with Crippen LogP contribution >= 0.6 is 0 Å². The van der Waals surface area contributed by atoms with Crippen LogP contribution in [0.2, 0.25) is 0 Å². The molecule has 1 saturated heterocycles. The molecule has 1 saturated carbocycles. The molecule has 9 heteroatoms. The van der Waals surface area contributed by atoms with Crippen LogP contribution in [0, 0.1) is 17.7 Å². The van der Waals surface area contributed by atoms with E-state index in [0.29, 0.717) is 42.5 Å². The Morgan fingerprint density at radius 3 is 2.59 bits per heavy atom. The molecule has 182 valence electrons. The number of halogens is 1. The molecule has 0 radical (unpaired) electrons. The van der Waals surface area contributed by atoms with Crippen molar-refractivity contribution in [2.24, 2.45) is 11.8 Å². The number of aldehydes is 1. The van der Waals surface area contributed by atoms with Crippen LogP contribution in [0.15, 0.2) is 24.3 Å². The number of carbonyl (C=O) groups is 4. The molecular weight excluding hydrogens is 439 g/mol. The minimum atomic E-state index is -0.821. The van der Waals surface area contributed by atoms with Crippen LogP contribution in [0.25, 0.3) is 10.9 Å². The molecule has 4 rings (SSSR count). The molecule has 2 aromatic rings. The SMILES string of the molecule is O=C[C@H](C[C@@H]1CCNC1=O)NC(=O)[C@H](CC1CCCCC1)NC(=O)c1cc2ccc(F)cc2[nH]1. The normalized spacial score (nSPS) is 20.5. The molecule has 8 nitrogen and oxygen atoms in total. The van der Waals surface area contributed by atoms with Crippen LogP contribution < -0.4 is 16.0 Å². The van der Waals surface area contributed by atoms with E-state index in [4.69, 9.17) is 0 Å². The molecule has 34 heavy (non-hydrogen) atoms. The lowest BCUT2D eigenvalue weighted by atomic mass is 9.84. The number of amides is 3. The van der Waals surface area contributed by atoms with Crippen molar-refractivity contribution in [2.75, 3.05) is 6.54 Å². The molecule has 1 aromatic carbocycles. The summed E-state index contributed by atoms with van der Waals surface area (Å²) in [4.78, 5) is 52.6. The predicted octanol–water partition coefficient (Wildman–Crippen LogP) is 2.59. The second-order valence-corrected chi connectivity index (χ2v) is 9.44. The minimum Gasteiger partial charge on any atom is -0.356 e. The van der Waals surface area contributed by atoms with Crippen molar-refractivity contribution in [2.45, 2.75) is 63.5 Å². The minimum absolute atomic E-state index is 0.108. The Labute approximate surface area is 197 Å². The number of benzene rings is 1. The third kappa shape index (κ3) is 5.81. The van der Waals surface area contributed by atoms with Crippen LogP contribution in [-0.4, -0.2) is 47.6 Å². The molecule has 1 aliphatic carbocycles. The Kier molecular flexibility index (Phi) is 7.59. The van der Waals surface area contributed by atoms with E-state index in [2.05, 4.69) is 20.9 Å². The lowest BCUT2D eigenvalue weighted by Gasteiger charge is -2.27. The van der Waals surface area contributed by atoms with Crippen molar-refractivity contribution in [1.82, 2.24) is 20.9 Å². The molecule has 1 aliphatic heterocycles. The van der Waals surface area contributed by atoms with Crippen LogP contribution in [-0.2, 0) is 14.4 Å². The Morgan fingerprint density at radius 2 is 1.88 bits per heavy atom. The molecule has 3 atom stereocenters. The van der Waals surface area contributed by atoms with Gasteiger partial charge in [-0.2, -0.15) is 0 Å². The molecule has 2 fully saturated rings. The molecular formula is C25H31FN4O4. The second kappa shape index (κ2) is 10.8. The highest BCUT2D eigenvalue weighted by Gasteiger charge is 2.31. The van der Waals surface area contributed by atoms with Crippen molar-refractivity contribution < 1.29 is 23.6 Å². The zero-order chi connectivity index (χ0) is 24.1. The lowest BCUT2D eigenvalue weighted by Crippen LogP contribution is -2.51. The van der Waals surface area contributed by atoms with Gasteiger partial charge in [-0.05, 0) is 49.4 Å². The average molecular weight is 471 g/mol. The zero-order valence-electron chi connectivity index (χ0n) is 19.1. The number of nitrogens with one attached hydrogen (secondary N) is 4. The quantitative estimate of drug-likeness (QED) is 0.421. The predicted molar refractivity (Wildman–Crippen MR) is 124 cm³/mol. The van der Waals surface area contributed by atoms with E-state index in [9.17, 15) is 23.6 Å². The molecule has 0 bridgehead atoms. The van der Waals surface area contributed by atoms with Crippen LogP contribution in [0.4, 0.5) is 4.39 Å². The number of carbonyl (C=O) groups excluding carboxylic acids is 4. The maximum absolute atomic E-state index is 13.5. The van der Waals surface area contributed by atoms with Gasteiger partial charge in [-0.25, -0.2) is 4.39 Å². The summed E-state index contributed by atoms with van der Waals surface area (Å²) >= 11 is 0. The van der Waals surface area contributed by atoms with E-state index >= 15 is 0 Å². The molecule has 2 aliphatic rings. The highest BCUT2D eigenvalue weighted by atomic mass is 19.1.